The average Bonchev–Trinajstić information content (AvgIpc) is 3.07. The van der Waals surface area contributed by atoms with Gasteiger partial charge in [-0.2, -0.15) is 0 Å². The summed E-state index contributed by atoms with van der Waals surface area (Å²) in [7, 11) is 0. The number of carbonyl (C=O) groups is 1. The summed E-state index contributed by atoms with van der Waals surface area (Å²) in [4.78, 5) is 24.5. The van der Waals surface area contributed by atoms with Crippen molar-refractivity contribution < 1.29 is 4.79 Å². The molecule has 3 rings (SSSR count). The molecule has 0 unspecified atom stereocenters. The van der Waals surface area contributed by atoms with Gasteiger partial charge in [-0.3, -0.25) is 9.59 Å². The molecule has 1 saturated carbocycles. The van der Waals surface area contributed by atoms with E-state index < -0.39 is 0 Å². The quantitative estimate of drug-likeness (QED) is 0.911. The van der Waals surface area contributed by atoms with Crippen LogP contribution in [0.15, 0.2) is 47.4 Å². The van der Waals surface area contributed by atoms with Crippen LogP contribution in [0.5, 0.6) is 0 Å². The number of hydrogen-bond acceptors (Lipinski definition) is 2. The Hall–Kier alpha value is -2.36. The van der Waals surface area contributed by atoms with Crippen LogP contribution in [0.25, 0.3) is 0 Å². The summed E-state index contributed by atoms with van der Waals surface area (Å²) in [5.74, 6) is -0.105. The van der Waals surface area contributed by atoms with Crippen LogP contribution in [-0.4, -0.2) is 17.0 Å². The van der Waals surface area contributed by atoms with Crippen LogP contribution < -0.4 is 10.9 Å². The number of hydrogen-bond donors (Lipinski definition) is 1. The van der Waals surface area contributed by atoms with Crippen molar-refractivity contribution in [1.29, 1.82) is 0 Å². The normalized spacial score (nSPS) is 15.9. The van der Waals surface area contributed by atoms with E-state index in [1.807, 2.05) is 0 Å². The smallest absolute Gasteiger partial charge is 0.253 e. The molecule has 1 amide bonds. The van der Waals surface area contributed by atoms with E-state index in [0.717, 1.165) is 12.8 Å². The van der Waals surface area contributed by atoms with Gasteiger partial charge in [0, 0.05) is 23.7 Å². The van der Waals surface area contributed by atoms with Gasteiger partial charge in [0.2, 0.25) is 5.91 Å². The van der Waals surface area contributed by atoms with Crippen molar-refractivity contribution in [2.24, 2.45) is 0 Å². The highest BCUT2D eigenvalue weighted by atomic mass is 16.2. The van der Waals surface area contributed by atoms with Crippen LogP contribution in [0.4, 0.5) is 0 Å². The van der Waals surface area contributed by atoms with Gasteiger partial charge < -0.3 is 9.88 Å². The van der Waals surface area contributed by atoms with Crippen molar-refractivity contribution in [3.63, 3.8) is 0 Å². The summed E-state index contributed by atoms with van der Waals surface area (Å²) in [6, 6.07) is 12.2. The van der Waals surface area contributed by atoms with Crippen LogP contribution in [0.2, 0.25) is 0 Å². The number of amides is 1. The number of nitrogens with one attached hydrogen (secondary N) is 1. The molecule has 2 aromatic rings. The van der Waals surface area contributed by atoms with Crippen LogP contribution in [0.3, 0.4) is 0 Å². The molecule has 0 aliphatic heterocycles. The van der Waals surface area contributed by atoms with Crippen molar-refractivity contribution >= 4 is 5.91 Å². The molecule has 4 heteroatoms. The van der Waals surface area contributed by atoms with Gasteiger partial charge in [-0.15, -0.1) is 0 Å². The molecule has 1 aliphatic rings. The third-order valence-corrected chi connectivity index (χ3v) is 5.34. The van der Waals surface area contributed by atoms with E-state index in [2.05, 4.69) is 36.5 Å². The maximum atomic E-state index is 12.4. The topological polar surface area (TPSA) is 51.1 Å². The van der Waals surface area contributed by atoms with Gasteiger partial charge in [0.15, 0.2) is 0 Å². The summed E-state index contributed by atoms with van der Waals surface area (Å²) >= 11 is 0. The first-order chi connectivity index (χ1) is 12.0. The van der Waals surface area contributed by atoms with Crippen LogP contribution in [0, 0.1) is 13.8 Å². The summed E-state index contributed by atoms with van der Waals surface area (Å²) in [5, 5.41) is 3.08. The Bertz CT molecular complexity index is 817. The van der Waals surface area contributed by atoms with Crippen molar-refractivity contribution in [2.75, 3.05) is 6.54 Å². The predicted molar refractivity (Wildman–Crippen MR) is 99.8 cm³/mol. The number of benzene rings is 1. The number of rotatable bonds is 5. The third-order valence-electron chi connectivity index (χ3n) is 5.34. The van der Waals surface area contributed by atoms with Gasteiger partial charge in [0.1, 0.15) is 6.54 Å². The molecule has 0 bridgehead atoms. The molecular weight excluding hydrogens is 312 g/mol. The lowest BCUT2D eigenvalue weighted by molar-refractivity contribution is -0.122. The predicted octanol–water partition coefficient (Wildman–Crippen LogP) is 3.09. The summed E-state index contributed by atoms with van der Waals surface area (Å²) in [5.41, 5.74) is 3.15. The van der Waals surface area contributed by atoms with Crippen LogP contribution >= 0.6 is 0 Å². The minimum Gasteiger partial charge on any atom is -0.354 e. The fourth-order valence-corrected chi connectivity index (χ4v) is 3.85. The molecule has 4 nitrogen and oxygen atoms in total. The summed E-state index contributed by atoms with van der Waals surface area (Å²) in [6.07, 6.45) is 6.26. The maximum absolute atomic E-state index is 12.4. The molecule has 0 radical (unpaired) electrons. The molecule has 1 aromatic heterocycles. The maximum Gasteiger partial charge on any atom is 0.253 e. The molecule has 1 N–H and O–H groups in total. The first-order valence-electron chi connectivity index (χ1n) is 9.00. The van der Waals surface area contributed by atoms with E-state index in [-0.39, 0.29) is 23.4 Å². The van der Waals surface area contributed by atoms with Gasteiger partial charge in [-0.25, -0.2) is 0 Å². The molecule has 0 spiro atoms. The minimum absolute atomic E-state index is 0.0270. The number of aryl methyl sites for hydroxylation is 2. The Labute approximate surface area is 148 Å². The second-order valence-electron chi connectivity index (χ2n) is 7.26. The van der Waals surface area contributed by atoms with E-state index >= 15 is 0 Å². The van der Waals surface area contributed by atoms with Gasteiger partial charge in [0.25, 0.3) is 5.56 Å². The molecule has 1 aromatic carbocycles. The molecule has 132 valence electrons. The van der Waals surface area contributed by atoms with Gasteiger partial charge in [-0.05, 0) is 38.3 Å². The second-order valence-corrected chi connectivity index (χ2v) is 7.26. The first-order valence-corrected chi connectivity index (χ1v) is 9.00. The number of pyridine rings is 1. The van der Waals surface area contributed by atoms with Crippen LogP contribution in [-0.2, 0) is 16.8 Å². The molecule has 1 aliphatic carbocycles. The fraction of sp³-hybridized carbons (Fsp3) is 0.429. The molecule has 25 heavy (non-hydrogen) atoms. The van der Waals surface area contributed by atoms with Crippen molar-refractivity contribution in [2.45, 2.75) is 51.5 Å². The highest BCUT2D eigenvalue weighted by molar-refractivity contribution is 5.75. The second kappa shape index (κ2) is 7.26. The Balaban J connectivity index is 1.71. The highest BCUT2D eigenvalue weighted by Gasteiger charge is 2.35. The largest absolute Gasteiger partial charge is 0.354 e. The zero-order chi connectivity index (χ0) is 17.9. The van der Waals surface area contributed by atoms with Crippen molar-refractivity contribution in [3.8, 4) is 0 Å². The Morgan fingerprint density at radius 2 is 1.92 bits per heavy atom. The highest BCUT2D eigenvalue weighted by Crippen LogP contribution is 2.40. The zero-order valence-electron chi connectivity index (χ0n) is 15.0. The monoisotopic (exact) mass is 338 g/mol. The Kier molecular flexibility index (Phi) is 5.07. The van der Waals surface area contributed by atoms with Gasteiger partial charge in [0.05, 0.1) is 0 Å². The Morgan fingerprint density at radius 3 is 2.64 bits per heavy atom. The van der Waals surface area contributed by atoms with Crippen LogP contribution in [0.1, 0.15) is 42.4 Å². The van der Waals surface area contributed by atoms with E-state index in [9.17, 15) is 9.59 Å². The lowest BCUT2D eigenvalue weighted by Crippen LogP contribution is -2.41. The van der Waals surface area contributed by atoms with Gasteiger partial charge in [-0.1, -0.05) is 48.7 Å². The average molecular weight is 338 g/mol. The molecular formula is C21H26N2O2. The van der Waals surface area contributed by atoms with E-state index in [1.54, 1.807) is 25.3 Å². The minimum atomic E-state index is -0.105. The zero-order valence-corrected chi connectivity index (χ0v) is 15.0. The standard InChI is InChI=1S/C21H26N2O2/c1-16-7-5-9-18(13-16)21(10-3-4-11-21)15-22-19(24)14-23-12-6-8-17(2)20(23)25/h5-9,12-13H,3-4,10-11,14-15H2,1-2H3,(H,22,24). The fourth-order valence-electron chi connectivity index (χ4n) is 3.85. The summed E-state index contributed by atoms with van der Waals surface area (Å²) in [6.45, 7) is 4.58. The van der Waals surface area contributed by atoms with E-state index in [1.165, 1.54) is 28.5 Å². The third kappa shape index (κ3) is 3.84. The molecule has 0 saturated heterocycles. The molecule has 1 heterocycles. The van der Waals surface area contributed by atoms with Crippen molar-refractivity contribution in [1.82, 2.24) is 9.88 Å². The van der Waals surface area contributed by atoms with Crippen molar-refractivity contribution in [3.05, 3.63) is 69.6 Å². The van der Waals surface area contributed by atoms with Gasteiger partial charge >= 0.3 is 0 Å². The molecule has 0 atom stereocenters. The first kappa shape index (κ1) is 17.5. The lowest BCUT2D eigenvalue weighted by Gasteiger charge is -2.30. The van der Waals surface area contributed by atoms with E-state index in [4.69, 9.17) is 0 Å². The number of carbonyl (C=O) groups excluding carboxylic acids is 1. The summed E-state index contributed by atoms with van der Waals surface area (Å²) < 4.78 is 1.47. The number of nitrogens with zero attached hydrogens (tertiary/aromatic N) is 1. The Morgan fingerprint density at radius 1 is 1.16 bits per heavy atom. The number of aromatic nitrogens is 1. The SMILES string of the molecule is Cc1cccc(C2(CNC(=O)Cn3cccc(C)c3=O)CCCC2)c1. The van der Waals surface area contributed by atoms with E-state index in [0.29, 0.717) is 12.1 Å². The molecule has 1 fully saturated rings. The lowest BCUT2D eigenvalue weighted by atomic mass is 9.78.